The Kier molecular flexibility index (Phi) is 4.51. The highest BCUT2D eigenvalue weighted by Crippen LogP contribution is 2.30. The van der Waals surface area contributed by atoms with Gasteiger partial charge in [0.1, 0.15) is 15.4 Å². The van der Waals surface area contributed by atoms with Crippen molar-refractivity contribution < 1.29 is 4.79 Å². The fourth-order valence-electron chi connectivity index (χ4n) is 2.38. The largest absolute Gasteiger partial charge is 0.333 e. The molecule has 0 aliphatic carbocycles. The van der Waals surface area contributed by atoms with Gasteiger partial charge < -0.3 is 9.88 Å². The van der Waals surface area contributed by atoms with Gasteiger partial charge in [-0.1, -0.05) is 20.8 Å². The predicted octanol–water partition coefficient (Wildman–Crippen LogP) is 3.32. The smallest absolute Gasteiger partial charge is 0.268 e. The average Bonchev–Trinajstić information content (AvgIpc) is 3.12. The van der Waals surface area contributed by atoms with Crippen molar-refractivity contribution in [1.82, 2.24) is 19.9 Å². The SMILES string of the molecule is Cc1nc(C(C)(C)C)sc1C(=O)N(C)Cc1nc2ccsc2c(=O)[nH]1. The highest BCUT2D eigenvalue weighted by Gasteiger charge is 2.25. The van der Waals surface area contributed by atoms with Crippen LogP contribution in [0.4, 0.5) is 0 Å². The van der Waals surface area contributed by atoms with Crippen molar-refractivity contribution in [2.45, 2.75) is 39.7 Å². The Hall–Kier alpha value is -2.06. The number of carbonyl (C=O) groups excluding carboxylic acids is 1. The molecule has 0 saturated carbocycles. The Morgan fingerprint density at radius 1 is 1.32 bits per heavy atom. The first-order valence-electron chi connectivity index (χ1n) is 7.86. The molecular formula is C17H20N4O2S2. The molecule has 3 heterocycles. The maximum Gasteiger partial charge on any atom is 0.268 e. The van der Waals surface area contributed by atoms with Crippen molar-refractivity contribution in [3.8, 4) is 0 Å². The number of rotatable bonds is 3. The van der Waals surface area contributed by atoms with Gasteiger partial charge in [-0.15, -0.1) is 22.7 Å². The third kappa shape index (κ3) is 3.50. The van der Waals surface area contributed by atoms with Gasteiger partial charge in [-0.3, -0.25) is 9.59 Å². The summed E-state index contributed by atoms with van der Waals surface area (Å²) in [5.74, 6) is 0.364. The van der Waals surface area contributed by atoms with E-state index in [1.165, 1.54) is 22.7 Å². The summed E-state index contributed by atoms with van der Waals surface area (Å²) < 4.78 is 0.603. The summed E-state index contributed by atoms with van der Waals surface area (Å²) in [4.78, 5) is 38.8. The Morgan fingerprint density at radius 2 is 2.04 bits per heavy atom. The summed E-state index contributed by atoms with van der Waals surface area (Å²) in [6, 6.07) is 1.81. The van der Waals surface area contributed by atoms with Crippen molar-refractivity contribution in [1.29, 1.82) is 0 Å². The zero-order valence-electron chi connectivity index (χ0n) is 14.8. The number of H-pyrrole nitrogens is 1. The van der Waals surface area contributed by atoms with E-state index >= 15 is 0 Å². The maximum absolute atomic E-state index is 12.8. The molecule has 0 bridgehead atoms. The van der Waals surface area contributed by atoms with E-state index in [9.17, 15) is 9.59 Å². The summed E-state index contributed by atoms with van der Waals surface area (Å²) >= 11 is 2.79. The van der Waals surface area contributed by atoms with E-state index < -0.39 is 0 Å². The van der Waals surface area contributed by atoms with Crippen LogP contribution in [-0.4, -0.2) is 32.8 Å². The quantitative estimate of drug-likeness (QED) is 0.760. The third-order valence-corrected chi connectivity index (χ3v) is 6.20. The first kappa shape index (κ1) is 17.8. The molecule has 3 rings (SSSR count). The molecule has 0 aliphatic rings. The van der Waals surface area contributed by atoms with Crippen LogP contribution >= 0.6 is 22.7 Å². The number of carbonyl (C=O) groups is 1. The number of aromatic amines is 1. The molecule has 6 nitrogen and oxygen atoms in total. The fraction of sp³-hybridized carbons (Fsp3) is 0.412. The highest BCUT2D eigenvalue weighted by molar-refractivity contribution is 7.17. The second-order valence-corrected chi connectivity index (χ2v) is 8.91. The van der Waals surface area contributed by atoms with Crippen LogP contribution in [0.2, 0.25) is 0 Å². The minimum atomic E-state index is -0.167. The molecule has 3 aromatic rings. The van der Waals surface area contributed by atoms with Crippen molar-refractivity contribution in [3.63, 3.8) is 0 Å². The number of hydrogen-bond donors (Lipinski definition) is 1. The van der Waals surface area contributed by atoms with E-state index in [2.05, 4.69) is 35.7 Å². The number of nitrogens with zero attached hydrogens (tertiary/aromatic N) is 3. The van der Waals surface area contributed by atoms with Gasteiger partial charge in [-0.05, 0) is 18.4 Å². The standard InChI is InChI=1S/C17H20N4O2S2/c1-9-12(25-16(18-9)17(2,3)4)15(23)21(5)8-11-19-10-6-7-24-13(10)14(22)20-11/h6-7H,8H2,1-5H3,(H,19,20,22). The van der Waals surface area contributed by atoms with E-state index in [1.807, 2.05) is 18.4 Å². The zero-order valence-corrected chi connectivity index (χ0v) is 16.5. The van der Waals surface area contributed by atoms with Gasteiger partial charge in [-0.25, -0.2) is 9.97 Å². The number of thiophene rings is 1. The second-order valence-electron chi connectivity index (χ2n) is 6.99. The van der Waals surface area contributed by atoms with Crippen LogP contribution in [0, 0.1) is 6.92 Å². The molecule has 0 aliphatic heterocycles. The molecule has 0 saturated heterocycles. The number of aryl methyl sites for hydroxylation is 1. The summed E-state index contributed by atoms with van der Waals surface area (Å²) in [5, 5.41) is 2.77. The van der Waals surface area contributed by atoms with Crippen LogP contribution in [-0.2, 0) is 12.0 Å². The normalized spacial score (nSPS) is 11.9. The van der Waals surface area contributed by atoms with E-state index in [4.69, 9.17) is 0 Å². The molecule has 0 aromatic carbocycles. The van der Waals surface area contributed by atoms with E-state index in [-0.39, 0.29) is 23.4 Å². The molecule has 0 fully saturated rings. The van der Waals surface area contributed by atoms with Crippen LogP contribution in [0.25, 0.3) is 10.2 Å². The van der Waals surface area contributed by atoms with Crippen LogP contribution < -0.4 is 5.56 Å². The summed E-state index contributed by atoms with van der Waals surface area (Å²) in [6.07, 6.45) is 0. The summed E-state index contributed by atoms with van der Waals surface area (Å²) in [7, 11) is 1.70. The lowest BCUT2D eigenvalue weighted by atomic mass is 9.98. The lowest BCUT2D eigenvalue weighted by Gasteiger charge is -2.16. The van der Waals surface area contributed by atoms with Gasteiger partial charge >= 0.3 is 0 Å². The highest BCUT2D eigenvalue weighted by atomic mass is 32.1. The van der Waals surface area contributed by atoms with Gasteiger partial charge in [0, 0.05) is 12.5 Å². The monoisotopic (exact) mass is 376 g/mol. The Morgan fingerprint density at radius 3 is 2.68 bits per heavy atom. The van der Waals surface area contributed by atoms with Crippen molar-refractivity contribution >= 4 is 38.8 Å². The molecule has 0 unspecified atom stereocenters. The number of thiazole rings is 1. The summed E-state index contributed by atoms with van der Waals surface area (Å²) in [5.41, 5.74) is 1.14. The van der Waals surface area contributed by atoms with Crippen molar-refractivity contribution in [2.75, 3.05) is 7.05 Å². The van der Waals surface area contributed by atoms with Crippen LogP contribution in [0.1, 0.15) is 47.0 Å². The number of fused-ring (bicyclic) bond motifs is 1. The van der Waals surface area contributed by atoms with Crippen molar-refractivity contribution in [2.24, 2.45) is 0 Å². The average molecular weight is 377 g/mol. The number of aromatic nitrogens is 3. The zero-order chi connectivity index (χ0) is 18.4. The van der Waals surface area contributed by atoms with E-state index in [1.54, 1.807) is 11.9 Å². The Labute approximate surface area is 153 Å². The number of nitrogens with one attached hydrogen (secondary N) is 1. The second kappa shape index (κ2) is 6.34. The van der Waals surface area contributed by atoms with Crippen LogP contribution in [0.5, 0.6) is 0 Å². The lowest BCUT2D eigenvalue weighted by molar-refractivity contribution is 0.0785. The van der Waals surface area contributed by atoms with Gasteiger partial charge in [-0.2, -0.15) is 0 Å². The Bertz CT molecular complexity index is 994. The van der Waals surface area contributed by atoms with E-state index in [0.29, 0.717) is 20.9 Å². The Balaban J connectivity index is 1.85. The molecule has 8 heteroatoms. The number of hydrogen-bond acceptors (Lipinski definition) is 6. The van der Waals surface area contributed by atoms with E-state index in [0.717, 1.165) is 10.7 Å². The predicted molar refractivity (Wildman–Crippen MR) is 102 cm³/mol. The summed E-state index contributed by atoms with van der Waals surface area (Å²) in [6.45, 7) is 8.32. The first-order chi connectivity index (χ1) is 11.7. The topological polar surface area (TPSA) is 79.0 Å². The van der Waals surface area contributed by atoms with Crippen LogP contribution in [0.3, 0.4) is 0 Å². The molecule has 1 N–H and O–H groups in total. The molecular weight excluding hydrogens is 356 g/mol. The fourth-order valence-corrected chi connectivity index (χ4v) is 4.23. The molecule has 132 valence electrons. The van der Waals surface area contributed by atoms with Gasteiger partial charge in [0.2, 0.25) is 0 Å². The van der Waals surface area contributed by atoms with Gasteiger partial charge in [0.05, 0.1) is 22.8 Å². The molecule has 3 aromatic heterocycles. The molecule has 0 radical (unpaired) electrons. The molecule has 1 amide bonds. The third-order valence-electron chi connectivity index (χ3n) is 3.73. The lowest BCUT2D eigenvalue weighted by Crippen LogP contribution is -2.28. The van der Waals surface area contributed by atoms with Crippen molar-refractivity contribution in [3.05, 3.63) is 43.2 Å². The molecule has 25 heavy (non-hydrogen) atoms. The molecule has 0 spiro atoms. The number of amides is 1. The maximum atomic E-state index is 12.8. The minimum Gasteiger partial charge on any atom is -0.333 e. The van der Waals surface area contributed by atoms with Gasteiger partial charge in [0.25, 0.3) is 11.5 Å². The minimum absolute atomic E-state index is 0.0939. The van der Waals surface area contributed by atoms with Crippen LogP contribution in [0.15, 0.2) is 16.2 Å². The van der Waals surface area contributed by atoms with Gasteiger partial charge in [0.15, 0.2) is 0 Å². The first-order valence-corrected chi connectivity index (χ1v) is 9.56. The molecule has 0 atom stereocenters.